The van der Waals surface area contributed by atoms with Crippen LogP contribution in [0.15, 0.2) is 59.4 Å². The first-order chi connectivity index (χ1) is 15.2. The van der Waals surface area contributed by atoms with Gasteiger partial charge in [0.2, 0.25) is 5.82 Å². The first kappa shape index (κ1) is 19.6. The molecule has 1 fully saturated rings. The quantitative estimate of drug-likeness (QED) is 0.523. The molecule has 0 aliphatic carbocycles. The van der Waals surface area contributed by atoms with E-state index in [-0.39, 0.29) is 11.6 Å². The van der Waals surface area contributed by atoms with Crippen molar-refractivity contribution in [2.45, 2.75) is 38.8 Å². The molecule has 158 valence electrons. The van der Waals surface area contributed by atoms with E-state index < -0.39 is 0 Å². The summed E-state index contributed by atoms with van der Waals surface area (Å²) in [5.74, 6) is 0.748. The highest BCUT2D eigenvalue weighted by molar-refractivity contribution is 5.79. The molecule has 0 radical (unpaired) electrons. The Morgan fingerprint density at radius 3 is 2.68 bits per heavy atom. The summed E-state index contributed by atoms with van der Waals surface area (Å²) >= 11 is 0. The predicted octanol–water partition coefficient (Wildman–Crippen LogP) is 2.03. The van der Waals surface area contributed by atoms with Crippen molar-refractivity contribution in [2.75, 3.05) is 13.1 Å². The molecule has 1 atom stereocenters. The van der Waals surface area contributed by atoms with Crippen LogP contribution in [0.25, 0.3) is 10.9 Å². The number of aromatic nitrogens is 5. The van der Waals surface area contributed by atoms with Crippen LogP contribution in [0.1, 0.15) is 47.8 Å². The van der Waals surface area contributed by atoms with Crippen LogP contribution in [-0.4, -0.2) is 38.3 Å². The molecule has 0 spiro atoms. The molecular formula is C24H27N6O+. The van der Waals surface area contributed by atoms with Crippen molar-refractivity contribution < 1.29 is 4.90 Å². The largest absolute Gasteiger partial charge is 0.322 e. The Hall–Kier alpha value is -3.32. The number of rotatable bonds is 5. The van der Waals surface area contributed by atoms with E-state index in [0.717, 1.165) is 59.3 Å². The van der Waals surface area contributed by atoms with E-state index >= 15 is 0 Å². The highest BCUT2D eigenvalue weighted by Gasteiger charge is 2.34. The number of fused-ring (bicyclic) bond motifs is 1. The number of likely N-dealkylation sites (tertiary alicyclic amines) is 1. The molecule has 31 heavy (non-hydrogen) atoms. The molecule has 2 aromatic heterocycles. The van der Waals surface area contributed by atoms with Crippen molar-refractivity contribution in [2.24, 2.45) is 0 Å². The van der Waals surface area contributed by atoms with Gasteiger partial charge in [0, 0.05) is 5.52 Å². The first-order valence-corrected chi connectivity index (χ1v) is 11.0. The number of hydrogen-bond acceptors (Lipinski definition) is 4. The maximum Gasteiger partial charge on any atom is 0.258 e. The Morgan fingerprint density at radius 2 is 1.87 bits per heavy atom. The van der Waals surface area contributed by atoms with Crippen LogP contribution in [0.5, 0.6) is 0 Å². The second-order valence-electron chi connectivity index (χ2n) is 8.48. The maximum atomic E-state index is 13.2. The van der Waals surface area contributed by atoms with Gasteiger partial charge in [0.25, 0.3) is 5.56 Å². The molecule has 0 amide bonds. The van der Waals surface area contributed by atoms with Gasteiger partial charge in [-0.15, -0.1) is 5.10 Å². The first-order valence-electron chi connectivity index (χ1n) is 11.0. The van der Waals surface area contributed by atoms with Crippen molar-refractivity contribution in [1.29, 1.82) is 0 Å². The van der Waals surface area contributed by atoms with Crippen LogP contribution >= 0.6 is 0 Å². The van der Waals surface area contributed by atoms with E-state index in [9.17, 15) is 4.79 Å². The van der Waals surface area contributed by atoms with E-state index in [2.05, 4.69) is 44.8 Å². The van der Waals surface area contributed by atoms with Crippen molar-refractivity contribution in [3.8, 4) is 0 Å². The van der Waals surface area contributed by atoms with E-state index in [1.165, 1.54) is 11.3 Å². The highest BCUT2D eigenvalue weighted by Crippen LogP contribution is 2.20. The molecular weight excluding hydrogens is 388 g/mol. The lowest BCUT2D eigenvalue weighted by molar-refractivity contribution is -0.931. The van der Waals surface area contributed by atoms with Gasteiger partial charge in [-0.2, -0.15) is 0 Å². The summed E-state index contributed by atoms with van der Waals surface area (Å²) < 4.78 is 1.85. The summed E-state index contributed by atoms with van der Waals surface area (Å²) in [6.45, 7) is 4.63. The number of pyridine rings is 1. The monoisotopic (exact) mass is 415 g/mol. The van der Waals surface area contributed by atoms with E-state index in [0.29, 0.717) is 6.54 Å². The summed E-state index contributed by atoms with van der Waals surface area (Å²) in [5.41, 5.74) is 3.80. The predicted molar refractivity (Wildman–Crippen MR) is 119 cm³/mol. The average Bonchev–Trinajstić information content (AvgIpc) is 3.23. The normalized spacial score (nSPS) is 15.9. The molecule has 5 rings (SSSR count). The summed E-state index contributed by atoms with van der Waals surface area (Å²) in [6.07, 6.45) is 3.53. The van der Waals surface area contributed by atoms with Gasteiger partial charge in [0.1, 0.15) is 0 Å². The lowest BCUT2D eigenvalue weighted by atomic mass is 10.00. The fraction of sp³-hybridized carbons (Fsp3) is 0.333. The van der Waals surface area contributed by atoms with Crippen molar-refractivity contribution in [1.82, 2.24) is 25.2 Å². The lowest BCUT2D eigenvalue weighted by Gasteiger charge is -2.30. The molecule has 1 saturated heterocycles. The van der Waals surface area contributed by atoms with Crippen molar-refractivity contribution >= 4 is 10.9 Å². The van der Waals surface area contributed by atoms with Crippen LogP contribution in [0.3, 0.4) is 0 Å². The van der Waals surface area contributed by atoms with Crippen LogP contribution in [0, 0.1) is 6.92 Å². The molecule has 4 aromatic rings. The molecule has 2 aromatic carbocycles. The van der Waals surface area contributed by atoms with Gasteiger partial charge in [0.15, 0.2) is 6.04 Å². The van der Waals surface area contributed by atoms with Gasteiger partial charge in [-0.1, -0.05) is 42.5 Å². The van der Waals surface area contributed by atoms with E-state index in [1.807, 2.05) is 41.9 Å². The van der Waals surface area contributed by atoms with Crippen LogP contribution in [0.2, 0.25) is 0 Å². The number of nitrogens with zero attached hydrogens (tertiary/aromatic N) is 4. The zero-order chi connectivity index (χ0) is 21.2. The molecule has 7 nitrogen and oxygen atoms in total. The van der Waals surface area contributed by atoms with Crippen molar-refractivity contribution in [3.63, 3.8) is 0 Å². The Morgan fingerprint density at radius 1 is 1.06 bits per heavy atom. The third-order valence-electron chi connectivity index (χ3n) is 6.24. The zero-order valence-corrected chi connectivity index (χ0v) is 17.7. The Kier molecular flexibility index (Phi) is 5.34. The number of aromatic amines is 1. The smallest absolute Gasteiger partial charge is 0.258 e. The number of nitrogens with one attached hydrogen (secondary N) is 2. The summed E-state index contributed by atoms with van der Waals surface area (Å²) in [5, 5.41) is 13.7. The van der Waals surface area contributed by atoms with Crippen LogP contribution in [0.4, 0.5) is 0 Å². The Bertz CT molecular complexity index is 1240. The fourth-order valence-electron chi connectivity index (χ4n) is 4.67. The number of tetrazole rings is 1. The Labute approximate surface area is 180 Å². The van der Waals surface area contributed by atoms with Crippen LogP contribution < -0.4 is 10.5 Å². The highest BCUT2D eigenvalue weighted by atomic mass is 16.1. The minimum absolute atomic E-state index is 0.0598. The number of aryl methyl sites for hydroxylation is 1. The summed E-state index contributed by atoms with van der Waals surface area (Å²) in [7, 11) is 0. The lowest BCUT2D eigenvalue weighted by Crippen LogP contribution is -3.13. The molecule has 7 heteroatoms. The third-order valence-corrected chi connectivity index (χ3v) is 6.24. The SMILES string of the molecule is Cc1ccc2cc([C@H](c3nnnn3Cc3ccccc3)[NH+]3CCCCC3)c(=O)[nH]c2c1. The van der Waals surface area contributed by atoms with Gasteiger partial charge in [-0.05, 0) is 65.3 Å². The third kappa shape index (κ3) is 4.01. The minimum Gasteiger partial charge on any atom is -0.322 e. The average molecular weight is 416 g/mol. The van der Waals surface area contributed by atoms with Gasteiger partial charge >= 0.3 is 0 Å². The zero-order valence-electron chi connectivity index (χ0n) is 17.7. The standard InChI is InChI=1S/C24H26N6O/c1-17-10-11-19-15-20(24(31)25-21(19)14-17)22(29-12-6-3-7-13-29)23-26-27-28-30(23)16-18-8-4-2-5-9-18/h2,4-5,8-11,14-15,22H,3,6-7,12-13,16H2,1H3,(H,25,31)/p+1/t22-/m1/s1. The van der Waals surface area contributed by atoms with Gasteiger partial charge in [-0.25, -0.2) is 4.68 Å². The van der Waals surface area contributed by atoms with Gasteiger partial charge in [-0.3, -0.25) is 4.79 Å². The second kappa shape index (κ2) is 8.43. The van der Waals surface area contributed by atoms with E-state index in [4.69, 9.17) is 0 Å². The molecule has 0 bridgehead atoms. The summed E-state index contributed by atoms with van der Waals surface area (Å²) in [6, 6.07) is 18.2. The van der Waals surface area contributed by atoms with Gasteiger partial charge in [0.05, 0.1) is 25.2 Å². The molecule has 0 unspecified atom stereocenters. The van der Waals surface area contributed by atoms with E-state index in [1.54, 1.807) is 0 Å². The number of hydrogen-bond donors (Lipinski definition) is 2. The fourth-order valence-corrected chi connectivity index (χ4v) is 4.67. The van der Waals surface area contributed by atoms with Crippen LogP contribution in [-0.2, 0) is 6.54 Å². The number of piperidine rings is 1. The Balaban J connectivity index is 1.62. The molecule has 1 aliphatic rings. The topological polar surface area (TPSA) is 80.9 Å². The van der Waals surface area contributed by atoms with Gasteiger partial charge < -0.3 is 9.88 Å². The number of H-pyrrole nitrogens is 1. The number of benzene rings is 2. The maximum absolute atomic E-state index is 13.2. The number of quaternary nitrogens is 1. The van der Waals surface area contributed by atoms with Crippen molar-refractivity contribution in [3.05, 3.63) is 87.5 Å². The second-order valence-corrected chi connectivity index (χ2v) is 8.48. The molecule has 3 heterocycles. The molecule has 1 aliphatic heterocycles. The molecule has 2 N–H and O–H groups in total. The summed E-state index contributed by atoms with van der Waals surface area (Å²) in [4.78, 5) is 17.7. The molecule has 0 saturated carbocycles. The minimum atomic E-state index is -0.200.